The van der Waals surface area contributed by atoms with Gasteiger partial charge in [0.1, 0.15) is 5.78 Å². The van der Waals surface area contributed by atoms with Gasteiger partial charge in [0.2, 0.25) is 0 Å². The molecule has 0 amide bonds. The smallest absolute Gasteiger partial charge is 0.126 e. The van der Waals surface area contributed by atoms with Crippen LogP contribution in [0.25, 0.3) is 0 Å². The summed E-state index contributed by atoms with van der Waals surface area (Å²) in [5, 5.41) is 8.52. The van der Waals surface area contributed by atoms with Crippen molar-refractivity contribution >= 4 is 5.78 Å². The third-order valence-electron chi connectivity index (χ3n) is 1.24. The number of ketones is 1. The zero-order chi connectivity index (χ0) is 10.1. The van der Waals surface area contributed by atoms with E-state index in [2.05, 4.69) is 0 Å². The molecule has 0 spiro atoms. The standard InChI is InChI=1S/C8H10O.C3H6O/c9-7-6-8-4-2-1-3-5-8;1-3(2)4/h1-5,9H,6-7H2;1-2H3. The number of Topliss-reactive ketones (excluding diaryl/α,β-unsaturated/α-hetero) is 1. The summed E-state index contributed by atoms with van der Waals surface area (Å²) in [7, 11) is 0. The summed E-state index contributed by atoms with van der Waals surface area (Å²) < 4.78 is 0. The molecule has 1 rings (SSSR count). The fraction of sp³-hybridized carbons (Fsp3) is 0.364. The lowest BCUT2D eigenvalue weighted by Crippen LogP contribution is -1.88. The van der Waals surface area contributed by atoms with Crippen LogP contribution in [0.5, 0.6) is 0 Å². The Bertz CT molecular complexity index is 225. The van der Waals surface area contributed by atoms with E-state index < -0.39 is 0 Å². The molecule has 2 heteroatoms. The first-order valence-electron chi connectivity index (χ1n) is 4.28. The van der Waals surface area contributed by atoms with E-state index in [1.807, 2.05) is 30.3 Å². The predicted octanol–water partition coefficient (Wildman–Crippen LogP) is 1.82. The zero-order valence-electron chi connectivity index (χ0n) is 8.16. The molecule has 0 aliphatic carbocycles. The second kappa shape index (κ2) is 7.50. The number of aliphatic hydroxyl groups is 1. The van der Waals surface area contributed by atoms with E-state index in [0.717, 1.165) is 6.42 Å². The second-order valence-corrected chi connectivity index (χ2v) is 2.87. The molecule has 0 aliphatic heterocycles. The van der Waals surface area contributed by atoms with Crippen molar-refractivity contribution in [2.75, 3.05) is 6.61 Å². The molecule has 0 saturated carbocycles. The SMILES string of the molecule is CC(C)=O.OCCc1ccccc1. The van der Waals surface area contributed by atoms with E-state index in [4.69, 9.17) is 5.11 Å². The molecule has 72 valence electrons. The minimum absolute atomic E-state index is 0.167. The van der Waals surface area contributed by atoms with Gasteiger partial charge in [0.05, 0.1) is 0 Å². The van der Waals surface area contributed by atoms with Gasteiger partial charge in [-0.2, -0.15) is 0 Å². The molecule has 1 aromatic rings. The summed E-state index contributed by atoms with van der Waals surface area (Å²) in [5.41, 5.74) is 1.19. The van der Waals surface area contributed by atoms with Crippen molar-refractivity contribution < 1.29 is 9.90 Å². The number of aliphatic hydroxyl groups excluding tert-OH is 1. The highest BCUT2D eigenvalue weighted by Gasteiger charge is 1.85. The number of rotatable bonds is 2. The van der Waals surface area contributed by atoms with Crippen molar-refractivity contribution in [3.8, 4) is 0 Å². The van der Waals surface area contributed by atoms with Gasteiger partial charge in [-0.3, -0.25) is 0 Å². The van der Waals surface area contributed by atoms with Gasteiger partial charge >= 0.3 is 0 Å². The fourth-order valence-electron chi connectivity index (χ4n) is 0.774. The van der Waals surface area contributed by atoms with E-state index in [-0.39, 0.29) is 12.4 Å². The first kappa shape index (κ1) is 11.8. The van der Waals surface area contributed by atoms with Crippen LogP contribution >= 0.6 is 0 Å². The number of benzene rings is 1. The largest absolute Gasteiger partial charge is 0.396 e. The number of hydrogen-bond donors (Lipinski definition) is 1. The topological polar surface area (TPSA) is 37.3 Å². The molecule has 0 heterocycles. The van der Waals surface area contributed by atoms with E-state index in [1.54, 1.807) is 0 Å². The summed E-state index contributed by atoms with van der Waals surface area (Å²) in [6, 6.07) is 9.95. The van der Waals surface area contributed by atoms with Crippen molar-refractivity contribution in [1.82, 2.24) is 0 Å². The van der Waals surface area contributed by atoms with E-state index in [1.165, 1.54) is 19.4 Å². The van der Waals surface area contributed by atoms with Crippen LogP contribution in [0.15, 0.2) is 30.3 Å². The summed E-state index contributed by atoms with van der Waals surface area (Å²) in [6.07, 6.45) is 0.765. The van der Waals surface area contributed by atoms with Gasteiger partial charge in [-0.1, -0.05) is 30.3 Å². The predicted molar refractivity (Wildman–Crippen MR) is 53.6 cm³/mol. The summed E-state index contributed by atoms with van der Waals surface area (Å²) in [4.78, 5) is 9.44. The maximum atomic E-state index is 9.44. The molecule has 2 nitrogen and oxygen atoms in total. The number of carbonyl (C=O) groups is 1. The molecule has 0 aliphatic rings. The minimum Gasteiger partial charge on any atom is -0.396 e. The highest BCUT2D eigenvalue weighted by Crippen LogP contribution is 1.97. The first-order valence-corrected chi connectivity index (χ1v) is 4.28. The lowest BCUT2D eigenvalue weighted by Gasteiger charge is -1.93. The molecule has 1 aromatic carbocycles. The molecule has 0 radical (unpaired) electrons. The lowest BCUT2D eigenvalue weighted by atomic mass is 10.2. The molecule has 0 atom stereocenters. The highest BCUT2D eigenvalue weighted by molar-refractivity contribution is 5.72. The summed E-state index contributed by atoms with van der Waals surface area (Å²) in [6.45, 7) is 3.30. The Morgan fingerprint density at radius 2 is 1.69 bits per heavy atom. The normalized spacial score (nSPS) is 8.54. The van der Waals surface area contributed by atoms with Crippen LogP contribution in [0.2, 0.25) is 0 Å². The Labute approximate surface area is 79.2 Å². The van der Waals surface area contributed by atoms with Crippen LogP contribution in [0.3, 0.4) is 0 Å². The zero-order valence-corrected chi connectivity index (χ0v) is 8.16. The Kier molecular flexibility index (Phi) is 6.83. The van der Waals surface area contributed by atoms with Gasteiger partial charge < -0.3 is 9.90 Å². The third-order valence-corrected chi connectivity index (χ3v) is 1.24. The number of hydrogen-bond acceptors (Lipinski definition) is 2. The second-order valence-electron chi connectivity index (χ2n) is 2.87. The van der Waals surface area contributed by atoms with E-state index >= 15 is 0 Å². The van der Waals surface area contributed by atoms with Crippen LogP contribution < -0.4 is 0 Å². The lowest BCUT2D eigenvalue weighted by molar-refractivity contribution is -0.114. The Hall–Kier alpha value is -1.15. The average molecular weight is 180 g/mol. The summed E-state index contributed by atoms with van der Waals surface area (Å²) >= 11 is 0. The molecule has 0 bridgehead atoms. The third kappa shape index (κ3) is 8.76. The maximum Gasteiger partial charge on any atom is 0.126 e. The molecule has 0 fully saturated rings. The van der Waals surface area contributed by atoms with Crippen LogP contribution in [0.4, 0.5) is 0 Å². The molecule has 13 heavy (non-hydrogen) atoms. The van der Waals surface area contributed by atoms with Crippen molar-refractivity contribution in [2.45, 2.75) is 20.3 Å². The maximum absolute atomic E-state index is 9.44. The molecule has 0 aromatic heterocycles. The van der Waals surface area contributed by atoms with Crippen LogP contribution in [-0.4, -0.2) is 17.5 Å². The van der Waals surface area contributed by atoms with Crippen molar-refractivity contribution in [1.29, 1.82) is 0 Å². The van der Waals surface area contributed by atoms with Gasteiger partial charge in [-0.25, -0.2) is 0 Å². The van der Waals surface area contributed by atoms with Gasteiger partial charge in [0.15, 0.2) is 0 Å². The Morgan fingerprint density at radius 1 is 1.23 bits per heavy atom. The monoisotopic (exact) mass is 180 g/mol. The molecule has 1 N–H and O–H groups in total. The van der Waals surface area contributed by atoms with Crippen LogP contribution in [0.1, 0.15) is 19.4 Å². The van der Waals surface area contributed by atoms with Crippen LogP contribution in [0, 0.1) is 0 Å². The molecule has 0 unspecified atom stereocenters. The Balaban J connectivity index is 0.000000310. The molecule has 0 saturated heterocycles. The van der Waals surface area contributed by atoms with Crippen molar-refractivity contribution in [3.63, 3.8) is 0 Å². The highest BCUT2D eigenvalue weighted by atomic mass is 16.2. The molecular weight excluding hydrogens is 164 g/mol. The van der Waals surface area contributed by atoms with Gasteiger partial charge in [0.25, 0.3) is 0 Å². The summed E-state index contributed by atoms with van der Waals surface area (Å²) in [5.74, 6) is 0.167. The molecular formula is C11H16O2. The Morgan fingerprint density at radius 3 is 2.08 bits per heavy atom. The van der Waals surface area contributed by atoms with Crippen molar-refractivity contribution in [3.05, 3.63) is 35.9 Å². The first-order chi connectivity index (χ1) is 6.16. The fourth-order valence-corrected chi connectivity index (χ4v) is 0.774. The quantitative estimate of drug-likeness (QED) is 0.753. The minimum atomic E-state index is 0.167. The van der Waals surface area contributed by atoms with Crippen LogP contribution in [-0.2, 0) is 11.2 Å². The van der Waals surface area contributed by atoms with E-state index in [0.29, 0.717) is 0 Å². The van der Waals surface area contributed by atoms with Gasteiger partial charge in [-0.15, -0.1) is 0 Å². The van der Waals surface area contributed by atoms with Gasteiger partial charge in [0, 0.05) is 6.61 Å². The average Bonchev–Trinajstić information content (AvgIpc) is 2.06. The van der Waals surface area contributed by atoms with Crippen molar-refractivity contribution in [2.24, 2.45) is 0 Å². The van der Waals surface area contributed by atoms with E-state index in [9.17, 15) is 4.79 Å². The van der Waals surface area contributed by atoms with Gasteiger partial charge in [-0.05, 0) is 25.8 Å². The number of carbonyl (C=O) groups excluding carboxylic acids is 1.